The van der Waals surface area contributed by atoms with Gasteiger partial charge in [0.25, 0.3) is 0 Å². The van der Waals surface area contributed by atoms with E-state index in [1.165, 1.54) is 11.3 Å². The lowest BCUT2D eigenvalue weighted by molar-refractivity contribution is -0.117. The number of ketones is 1. The molecule has 6 nitrogen and oxygen atoms in total. The first-order valence-electron chi connectivity index (χ1n) is 9.70. The summed E-state index contributed by atoms with van der Waals surface area (Å²) in [5.74, 6) is -0.269. The molecule has 154 valence electrons. The third-order valence-electron chi connectivity index (χ3n) is 4.88. The molecule has 29 heavy (non-hydrogen) atoms. The van der Waals surface area contributed by atoms with E-state index in [4.69, 9.17) is 9.47 Å². The van der Waals surface area contributed by atoms with Gasteiger partial charge in [-0.25, -0.2) is 4.79 Å². The number of amides is 1. The standard InChI is InChI=1S/C22H25NO5S/c1-5-27-17-10-8-15(9-11-17)19(24)13(3)28-22(26)18-12(2)14(4)29-21(18)23-20(25)16-6-7-16/h8-11,13,16H,5-7H2,1-4H3,(H,23,25)/t13-/m0/s1. The van der Waals surface area contributed by atoms with Crippen molar-refractivity contribution in [2.24, 2.45) is 5.92 Å². The Kier molecular flexibility index (Phi) is 6.37. The maximum atomic E-state index is 12.8. The predicted octanol–water partition coefficient (Wildman–Crippen LogP) is 4.54. The van der Waals surface area contributed by atoms with E-state index in [9.17, 15) is 14.4 Å². The van der Waals surface area contributed by atoms with Crippen molar-refractivity contribution in [1.29, 1.82) is 0 Å². The molecule has 3 rings (SSSR count). The number of benzene rings is 1. The number of aryl methyl sites for hydroxylation is 1. The zero-order valence-corrected chi connectivity index (χ0v) is 17.9. The Labute approximate surface area is 174 Å². The third-order valence-corrected chi connectivity index (χ3v) is 6.00. The first-order chi connectivity index (χ1) is 13.8. The van der Waals surface area contributed by atoms with E-state index >= 15 is 0 Å². The number of esters is 1. The highest BCUT2D eigenvalue weighted by Crippen LogP contribution is 2.36. The molecule has 0 spiro atoms. The maximum Gasteiger partial charge on any atom is 0.342 e. The molecule has 7 heteroatoms. The molecule has 1 N–H and O–H groups in total. The number of hydrogen-bond acceptors (Lipinski definition) is 6. The van der Waals surface area contributed by atoms with E-state index in [2.05, 4.69) is 5.32 Å². The SMILES string of the molecule is CCOc1ccc(C(=O)[C@H](C)OC(=O)c2c(NC(=O)C3CC3)sc(C)c2C)cc1. The minimum atomic E-state index is -0.952. The smallest absolute Gasteiger partial charge is 0.342 e. The van der Waals surface area contributed by atoms with Gasteiger partial charge in [-0.2, -0.15) is 0 Å². The van der Waals surface area contributed by atoms with Crippen LogP contribution in [0.15, 0.2) is 24.3 Å². The lowest BCUT2D eigenvalue weighted by Crippen LogP contribution is -2.25. The van der Waals surface area contributed by atoms with Crippen LogP contribution in [0, 0.1) is 19.8 Å². The van der Waals surface area contributed by atoms with Crippen molar-refractivity contribution in [2.45, 2.75) is 46.6 Å². The first-order valence-corrected chi connectivity index (χ1v) is 10.5. The van der Waals surface area contributed by atoms with Crippen LogP contribution < -0.4 is 10.1 Å². The van der Waals surface area contributed by atoms with Gasteiger partial charge in [-0.1, -0.05) is 0 Å². The van der Waals surface area contributed by atoms with Crippen LogP contribution in [-0.4, -0.2) is 30.4 Å². The fourth-order valence-electron chi connectivity index (χ4n) is 2.91. The van der Waals surface area contributed by atoms with Gasteiger partial charge in [-0.3, -0.25) is 9.59 Å². The number of carbonyl (C=O) groups excluding carboxylic acids is 3. The molecule has 0 unspecified atom stereocenters. The molecule has 0 aliphatic heterocycles. The topological polar surface area (TPSA) is 81.7 Å². The van der Waals surface area contributed by atoms with Crippen molar-refractivity contribution in [3.05, 3.63) is 45.8 Å². The van der Waals surface area contributed by atoms with E-state index in [1.807, 2.05) is 20.8 Å². The molecule has 1 amide bonds. The zero-order valence-electron chi connectivity index (χ0n) is 17.0. The Morgan fingerprint density at radius 2 is 1.83 bits per heavy atom. The first kappa shape index (κ1) is 21.0. The lowest BCUT2D eigenvalue weighted by atomic mass is 10.1. The second kappa shape index (κ2) is 8.78. The zero-order chi connectivity index (χ0) is 21.1. The molecular formula is C22H25NO5S. The van der Waals surface area contributed by atoms with E-state index in [0.717, 1.165) is 23.3 Å². The number of Topliss-reactive ketones (excluding diaryl/α,β-unsaturated/α-hetero) is 1. The van der Waals surface area contributed by atoms with Gasteiger partial charge in [-0.05, 0) is 70.4 Å². The average molecular weight is 416 g/mol. The molecule has 1 saturated carbocycles. The highest BCUT2D eigenvalue weighted by molar-refractivity contribution is 7.16. The molecular weight excluding hydrogens is 390 g/mol. The van der Waals surface area contributed by atoms with Crippen molar-refractivity contribution < 1.29 is 23.9 Å². The van der Waals surface area contributed by atoms with Crippen molar-refractivity contribution in [3.8, 4) is 5.75 Å². The number of hydrogen-bond donors (Lipinski definition) is 1. The summed E-state index contributed by atoms with van der Waals surface area (Å²) in [6.07, 6.45) is 0.803. The van der Waals surface area contributed by atoms with Crippen molar-refractivity contribution in [1.82, 2.24) is 0 Å². The number of ether oxygens (including phenoxy) is 2. The molecule has 1 aliphatic rings. The Balaban J connectivity index is 1.71. The van der Waals surface area contributed by atoms with Crippen LogP contribution >= 0.6 is 11.3 Å². The van der Waals surface area contributed by atoms with Crippen LogP contribution in [0.1, 0.15) is 57.8 Å². The highest BCUT2D eigenvalue weighted by Gasteiger charge is 2.32. The van der Waals surface area contributed by atoms with E-state index in [1.54, 1.807) is 31.2 Å². The monoisotopic (exact) mass is 415 g/mol. The fraction of sp³-hybridized carbons (Fsp3) is 0.409. The minimum absolute atomic E-state index is 0.0294. The normalized spacial score (nSPS) is 14.2. The van der Waals surface area contributed by atoms with E-state index in [-0.39, 0.29) is 17.6 Å². The van der Waals surface area contributed by atoms with Crippen LogP contribution in [0.3, 0.4) is 0 Å². The predicted molar refractivity (Wildman–Crippen MR) is 112 cm³/mol. The minimum Gasteiger partial charge on any atom is -0.494 e. The molecule has 0 saturated heterocycles. The summed E-state index contributed by atoms with van der Waals surface area (Å²) < 4.78 is 10.8. The van der Waals surface area contributed by atoms with E-state index < -0.39 is 12.1 Å². The van der Waals surface area contributed by atoms with Gasteiger partial charge in [0, 0.05) is 16.4 Å². The summed E-state index contributed by atoms with van der Waals surface area (Å²) in [6, 6.07) is 6.73. The van der Waals surface area contributed by atoms with Crippen molar-refractivity contribution >= 4 is 34.0 Å². The second-order valence-corrected chi connectivity index (χ2v) is 8.34. The van der Waals surface area contributed by atoms with Gasteiger partial charge < -0.3 is 14.8 Å². The summed E-state index contributed by atoms with van der Waals surface area (Å²) >= 11 is 1.35. The molecule has 1 heterocycles. The van der Waals surface area contributed by atoms with Crippen LogP contribution in [-0.2, 0) is 9.53 Å². The second-order valence-electron chi connectivity index (χ2n) is 7.12. The molecule has 1 aliphatic carbocycles. The van der Waals surface area contributed by atoms with Crippen molar-refractivity contribution in [2.75, 3.05) is 11.9 Å². The van der Waals surface area contributed by atoms with Crippen LogP contribution in [0.4, 0.5) is 5.00 Å². The summed E-state index contributed by atoms with van der Waals surface area (Å²) in [5, 5.41) is 3.34. The summed E-state index contributed by atoms with van der Waals surface area (Å²) in [6.45, 7) is 7.68. The van der Waals surface area contributed by atoms with Crippen LogP contribution in [0.2, 0.25) is 0 Å². The third kappa shape index (κ3) is 4.85. The lowest BCUT2D eigenvalue weighted by Gasteiger charge is -2.14. The highest BCUT2D eigenvalue weighted by atomic mass is 32.1. The number of thiophene rings is 1. The summed E-state index contributed by atoms with van der Waals surface area (Å²) in [5.41, 5.74) is 1.52. The molecule has 0 bridgehead atoms. The molecule has 1 aromatic heterocycles. The number of nitrogens with one attached hydrogen (secondary N) is 1. The summed E-state index contributed by atoms with van der Waals surface area (Å²) in [7, 11) is 0. The Morgan fingerprint density at radius 3 is 2.41 bits per heavy atom. The fourth-order valence-corrected chi connectivity index (χ4v) is 3.96. The van der Waals surface area contributed by atoms with Gasteiger partial charge in [-0.15, -0.1) is 11.3 Å². The maximum absolute atomic E-state index is 12.8. The Bertz CT molecular complexity index is 927. The van der Waals surface area contributed by atoms with Crippen molar-refractivity contribution in [3.63, 3.8) is 0 Å². The molecule has 1 aromatic carbocycles. The van der Waals surface area contributed by atoms with Gasteiger partial charge in [0.15, 0.2) is 6.10 Å². The van der Waals surface area contributed by atoms with Gasteiger partial charge >= 0.3 is 5.97 Å². The van der Waals surface area contributed by atoms with Gasteiger partial charge in [0.2, 0.25) is 11.7 Å². The molecule has 0 radical (unpaired) electrons. The van der Waals surface area contributed by atoms with E-state index in [0.29, 0.717) is 28.5 Å². The summed E-state index contributed by atoms with van der Waals surface area (Å²) in [4.78, 5) is 38.5. The largest absolute Gasteiger partial charge is 0.494 e. The number of carbonyl (C=O) groups is 3. The van der Waals surface area contributed by atoms with Gasteiger partial charge in [0.1, 0.15) is 10.8 Å². The quantitative estimate of drug-likeness (QED) is 0.506. The van der Waals surface area contributed by atoms with Crippen LogP contribution in [0.5, 0.6) is 5.75 Å². The molecule has 1 fully saturated rings. The van der Waals surface area contributed by atoms with Gasteiger partial charge in [0.05, 0.1) is 12.2 Å². The molecule has 1 atom stereocenters. The Morgan fingerprint density at radius 1 is 1.17 bits per heavy atom. The average Bonchev–Trinajstić information content (AvgIpc) is 3.49. The Hall–Kier alpha value is -2.67. The number of rotatable bonds is 8. The number of anilines is 1. The van der Waals surface area contributed by atoms with Crippen LogP contribution in [0.25, 0.3) is 0 Å². The molecule has 2 aromatic rings.